The first-order chi connectivity index (χ1) is 8.03. The Balaban J connectivity index is 4.15. The summed E-state index contributed by atoms with van der Waals surface area (Å²) in [4.78, 5) is 21.9. The average Bonchev–Trinajstić information content (AvgIpc) is 2.12. The second kappa shape index (κ2) is 6.46. The third kappa shape index (κ3) is 6.97. The highest BCUT2D eigenvalue weighted by Gasteiger charge is 2.31. The number of carbonyl (C=O) groups is 2. The van der Waals surface area contributed by atoms with Gasteiger partial charge in [0.15, 0.2) is 0 Å². The lowest BCUT2D eigenvalue weighted by atomic mass is 10.0. The number of aliphatic carboxylic acids is 1. The van der Waals surface area contributed by atoms with Crippen LogP contribution in [0.3, 0.4) is 0 Å². The Morgan fingerprint density at radius 2 is 1.67 bits per heavy atom. The first kappa shape index (κ1) is 16.5. The molecule has 0 fully saturated rings. The predicted octanol–water partition coefficient (Wildman–Crippen LogP) is 1.74. The molecule has 0 saturated heterocycles. The SMILES string of the molecule is CC(CC(F)(F)F)NC(=O)NC(C)C(C)C(=O)O. The van der Waals surface area contributed by atoms with Gasteiger partial charge >= 0.3 is 18.2 Å². The molecule has 0 radical (unpaired) electrons. The maximum absolute atomic E-state index is 12.0. The highest BCUT2D eigenvalue weighted by molar-refractivity contribution is 5.76. The summed E-state index contributed by atoms with van der Waals surface area (Å²) in [5, 5.41) is 13.1. The van der Waals surface area contributed by atoms with Crippen LogP contribution >= 0.6 is 0 Å². The van der Waals surface area contributed by atoms with Gasteiger partial charge in [0.1, 0.15) is 0 Å². The van der Waals surface area contributed by atoms with Crippen molar-refractivity contribution in [2.24, 2.45) is 5.92 Å². The molecule has 0 aromatic carbocycles. The molecule has 3 unspecified atom stereocenters. The molecule has 0 spiro atoms. The summed E-state index contributed by atoms with van der Waals surface area (Å²) in [6.07, 6.45) is -5.49. The number of carboxylic acids is 1. The lowest BCUT2D eigenvalue weighted by Gasteiger charge is -2.21. The van der Waals surface area contributed by atoms with E-state index in [1.807, 2.05) is 0 Å². The monoisotopic (exact) mass is 270 g/mol. The number of carboxylic acid groups (broad SMARTS) is 1. The maximum atomic E-state index is 12.0. The Morgan fingerprint density at radius 3 is 2.06 bits per heavy atom. The van der Waals surface area contributed by atoms with E-state index in [0.29, 0.717) is 0 Å². The van der Waals surface area contributed by atoms with E-state index < -0.39 is 42.6 Å². The molecule has 0 aromatic heterocycles. The molecule has 8 heteroatoms. The quantitative estimate of drug-likeness (QED) is 0.712. The van der Waals surface area contributed by atoms with Gasteiger partial charge in [-0.25, -0.2) is 4.79 Å². The van der Waals surface area contributed by atoms with Gasteiger partial charge < -0.3 is 15.7 Å². The van der Waals surface area contributed by atoms with Gasteiger partial charge in [0.05, 0.1) is 12.3 Å². The van der Waals surface area contributed by atoms with Crippen molar-refractivity contribution in [3.8, 4) is 0 Å². The van der Waals surface area contributed by atoms with Crippen molar-refractivity contribution < 1.29 is 27.9 Å². The molecular weight excluding hydrogens is 253 g/mol. The molecule has 0 heterocycles. The fourth-order valence-corrected chi connectivity index (χ4v) is 1.21. The fourth-order valence-electron chi connectivity index (χ4n) is 1.21. The molecule has 5 nitrogen and oxygen atoms in total. The minimum Gasteiger partial charge on any atom is -0.481 e. The van der Waals surface area contributed by atoms with E-state index in [-0.39, 0.29) is 0 Å². The van der Waals surface area contributed by atoms with Crippen molar-refractivity contribution in [3.63, 3.8) is 0 Å². The van der Waals surface area contributed by atoms with Crippen LogP contribution in [0.15, 0.2) is 0 Å². The van der Waals surface area contributed by atoms with Gasteiger partial charge in [0, 0.05) is 12.1 Å². The number of nitrogens with one attached hydrogen (secondary N) is 2. The molecule has 0 rings (SSSR count). The van der Waals surface area contributed by atoms with Crippen LogP contribution in [0, 0.1) is 5.92 Å². The molecule has 106 valence electrons. The molecule has 0 aliphatic heterocycles. The summed E-state index contributed by atoms with van der Waals surface area (Å²) in [5.74, 6) is -1.92. The van der Waals surface area contributed by atoms with E-state index in [1.54, 1.807) is 0 Å². The van der Waals surface area contributed by atoms with Crippen molar-refractivity contribution >= 4 is 12.0 Å². The van der Waals surface area contributed by atoms with Crippen LogP contribution in [-0.4, -0.2) is 35.4 Å². The van der Waals surface area contributed by atoms with E-state index in [2.05, 4.69) is 10.6 Å². The number of urea groups is 1. The minimum atomic E-state index is -4.35. The summed E-state index contributed by atoms with van der Waals surface area (Å²) < 4.78 is 36.0. The van der Waals surface area contributed by atoms with Crippen LogP contribution in [-0.2, 0) is 4.79 Å². The third-order valence-electron chi connectivity index (χ3n) is 2.41. The molecule has 2 amide bonds. The Kier molecular flexibility index (Phi) is 5.93. The number of rotatable bonds is 5. The van der Waals surface area contributed by atoms with Crippen molar-refractivity contribution in [3.05, 3.63) is 0 Å². The standard InChI is InChI=1S/C10H17F3N2O3/c1-5(4-10(11,12)13)14-9(18)15-7(3)6(2)8(16)17/h5-7H,4H2,1-3H3,(H,16,17)(H2,14,15,18). The summed E-state index contributed by atoms with van der Waals surface area (Å²) >= 11 is 0. The summed E-state index contributed by atoms with van der Waals surface area (Å²) in [6, 6.07) is -2.56. The number of hydrogen-bond donors (Lipinski definition) is 3. The van der Waals surface area contributed by atoms with Crippen LogP contribution in [0.2, 0.25) is 0 Å². The highest BCUT2D eigenvalue weighted by atomic mass is 19.4. The number of hydrogen-bond acceptors (Lipinski definition) is 2. The molecule has 0 bridgehead atoms. The van der Waals surface area contributed by atoms with Gasteiger partial charge in [-0.3, -0.25) is 4.79 Å². The van der Waals surface area contributed by atoms with Gasteiger partial charge in [-0.15, -0.1) is 0 Å². The van der Waals surface area contributed by atoms with Gasteiger partial charge in [-0.05, 0) is 20.8 Å². The zero-order valence-corrected chi connectivity index (χ0v) is 10.3. The largest absolute Gasteiger partial charge is 0.481 e. The Hall–Kier alpha value is -1.47. The smallest absolute Gasteiger partial charge is 0.391 e. The topological polar surface area (TPSA) is 78.4 Å². The van der Waals surface area contributed by atoms with E-state index in [9.17, 15) is 22.8 Å². The van der Waals surface area contributed by atoms with Gasteiger partial charge in [0.25, 0.3) is 0 Å². The third-order valence-corrected chi connectivity index (χ3v) is 2.41. The molecule has 0 saturated carbocycles. The molecule has 0 aromatic rings. The van der Waals surface area contributed by atoms with Gasteiger partial charge in [-0.2, -0.15) is 13.2 Å². The van der Waals surface area contributed by atoms with Crippen LogP contribution in [0.25, 0.3) is 0 Å². The molecule has 3 N–H and O–H groups in total. The Morgan fingerprint density at radius 1 is 1.17 bits per heavy atom. The van der Waals surface area contributed by atoms with E-state index >= 15 is 0 Å². The lowest BCUT2D eigenvalue weighted by Crippen LogP contribution is -2.48. The number of carbonyl (C=O) groups excluding carboxylic acids is 1. The van der Waals surface area contributed by atoms with Crippen molar-refractivity contribution in [2.45, 2.75) is 45.5 Å². The van der Waals surface area contributed by atoms with Crippen LogP contribution in [0.1, 0.15) is 27.2 Å². The van der Waals surface area contributed by atoms with E-state index in [4.69, 9.17) is 5.11 Å². The number of halogens is 3. The number of amides is 2. The normalized spacial score (nSPS) is 16.6. The number of alkyl halides is 3. The zero-order valence-electron chi connectivity index (χ0n) is 10.3. The van der Waals surface area contributed by atoms with Gasteiger partial charge in [-0.1, -0.05) is 0 Å². The zero-order chi connectivity index (χ0) is 14.5. The lowest BCUT2D eigenvalue weighted by molar-refractivity contribution is -0.141. The highest BCUT2D eigenvalue weighted by Crippen LogP contribution is 2.21. The van der Waals surface area contributed by atoms with Gasteiger partial charge in [0.2, 0.25) is 0 Å². The van der Waals surface area contributed by atoms with Crippen molar-refractivity contribution in [2.75, 3.05) is 0 Å². The maximum Gasteiger partial charge on any atom is 0.391 e. The average molecular weight is 270 g/mol. The molecule has 0 aliphatic carbocycles. The van der Waals surface area contributed by atoms with Crippen LogP contribution in [0.5, 0.6) is 0 Å². The summed E-state index contributed by atoms with van der Waals surface area (Å²) in [5.41, 5.74) is 0. The first-order valence-electron chi connectivity index (χ1n) is 5.39. The van der Waals surface area contributed by atoms with Crippen LogP contribution < -0.4 is 10.6 Å². The fraction of sp³-hybridized carbons (Fsp3) is 0.800. The molecule has 0 aliphatic rings. The summed E-state index contributed by atoms with van der Waals surface area (Å²) in [7, 11) is 0. The molecular formula is C10H17F3N2O3. The van der Waals surface area contributed by atoms with Crippen molar-refractivity contribution in [1.29, 1.82) is 0 Å². The summed E-state index contributed by atoms with van der Waals surface area (Å²) in [6.45, 7) is 4.08. The molecule has 18 heavy (non-hydrogen) atoms. The van der Waals surface area contributed by atoms with E-state index in [1.165, 1.54) is 20.8 Å². The van der Waals surface area contributed by atoms with Crippen molar-refractivity contribution in [1.82, 2.24) is 10.6 Å². The second-order valence-corrected chi connectivity index (χ2v) is 4.25. The Labute approximate surface area is 103 Å². The Bertz CT molecular complexity index is 307. The van der Waals surface area contributed by atoms with E-state index in [0.717, 1.165) is 0 Å². The first-order valence-corrected chi connectivity index (χ1v) is 5.39. The molecule has 3 atom stereocenters. The minimum absolute atomic E-state index is 0.680. The van der Waals surface area contributed by atoms with Crippen LogP contribution in [0.4, 0.5) is 18.0 Å². The predicted molar refractivity (Wildman–Crippen MR) is 58.1 cm³/mol. The second-order valence-electron chi connectivity index (χ2n) is 4.25.